The molecule has 0 radical (unpaired) electrons. The number of carboxylic acid groups (broad SMARTS) is 4. The normalized spacial score (nSPS) is 9.53. The number of hydrogen-bond acceptors (Lipinski definition) is 4. The Bertz CT molecular complexity index is 1180. The molecule has 0 amide bonds. The SMILES string of the molecule is O=C(O)c1ccc(C(=O)O)cc1.O=C(O)c1cccc(C(=O)O)c1.c1ccc2ccccc2c1. The minimum Gasteiger partial charge on any atom is -0.478 e. The number of carboxylic acids is 4. The molecule has 0 bridgehead atoms. The maximum Gasteiger partial charge on any atom is 0.335 e. The molecule has 0 aromatic heterocycles. The zero-order valence-corrected chi connectivity index (χ0v) is 17.7. The van der Waals surface area contributed by atoms with Crippen molar-refractivity contribution in [1.29, 1.82) is 0 Å². The minimum atomic E-state index is -1.13. The Morgan fingerprint density at radius 1 is 0.382 bits per heavy atom. The van der Waals surface area contributed by atoms with Crippen LogP contribution in [0.1, 0.15) is 41.4 Å². The Labute approximate surface area is 194 Å². The van der Waals surface area contributed by atoms with Gasteiger partial charge in [0.2, 0.25) is 0 Å². The Hall–Kier alpha value is -4.98. The van der Waals surface area contributed by atoms with Crippen LogP contribution in [0, 0.1) is 0 Å². The van der Waals surface area contributed by atoms with Crippen LogP contribution in [0.5, 0.6) is 0 Å². The first kappa shape index (κ1) is 25.3. The molecule has 34 heavy (non-hydrogen) atoms. The van der Waals surface area contributed by atoms with Gasteiger partial charge in [0.05, 0.1) is 22.3 Å². The number of benzene rings is 4. The van der Waals surface area contributed by atoms with E-state index < -0.39 is 23.9 Å². The zero-order chi connectivity index (χ0) is 25.1. The third-order valence-electron chi connectivity index (χ3n) is 4.39. The average Bonchev–Trinajstić information content (AvgIpc) is 2.85. The van der Waals surface area contributed by atoms with Gasteiger partial charge >= 0.3 is 23.9 Å². The lowest BCUT2D eigenvalue weighted by Crippen LogP contribution is -2.01. The van der Waals surface area contributed by atoms with Gasteiger partial charge in [-0.1, -0.05) is 54.6 Å². The summed E-state index contributed by atoms with van der Waals surface area (Å²) < 4.78 is 0. The second-order valence-electron chi connectivity index (χ2n) is 6.73. The van der Waals surface area contributed by atoms with Gasteiger partial charge in [0.25, 0.3) is 0 Å². The number of carbonyl (C=O) groups is 4. The summed E-state index contributed by atoms with van der Waals surface area (Å²) in [6.07, 6.45) is 0. The number of rotatable bonds is 4. The van der Waals surface area contributed by atoms with Crippen LogP contribution in [-0.4, -0.2) is 44.3 Å². The summed E-state index contributed by atoms with van der Waals surface area (Å²) in [6, 6.07) is 26.9. The van der Waals surface area contributed by atoms with Gasteiger partial charge < -0.3 is 20.4 Å². The van der Waals surface area contributed by atoms with Gasteiger partial charge in [0.15, 0.2) is 0 Å². The third-order valence-corrected chi connectivity index (χ3v) is 4.39. The van der Waals surface area contributed by atoms with E-state index in [2.05, 4.69) is 48.5 Å². The van der Waals surface area contributed by atoms with Crippen molar-refractivity contribution in [2.75, 3.05) is 0 Å². The smallest absolute Gasteiger partial charge is 0.335 e. The zero-order valence-electron chi connectivity index (χ0n) is 17.7. The van der Waals surface area contributed by atoms with E-state index in [9.17, 15) is 19.2 Å². The molecule has 0 atom stereocenters. The molecule has 8 nitrogen and oxygen atoms in total. The summed E-state index contributed by atoms with van der Waals surface area (Å²) in [6.45, 7) is 0. The van der Waals surface area contributed by atoms with Crippen LogP contribution in [-0.2, 0) is 0 Å². The molecular weight excluding hydrogens is 440 g/mol. The van der Waals surface area contributed by atoms with Gasteiger partial charge in [-0.3, -0.25) is 0 Å². The fourth-order valence-electron chi connectivity index (χ4n) is 2.67. The first-order chi connectivity index (χ1) is 16.2. The standard InChI is InChI=1S/C10H8.2C8H6O4/c1-2-6-10-8-4-3-7-9(10)5-1;9-7(10)5-1-2-6(4-3-5)8(11)12;9-7(10)5-2-1-3-6(4-5)8(11)12/h1-8H;2*1-4H,(H,9,10)(H,11,12). The van der Waals surface area contributed by atoms with E-state index in [0.29, 0.717) is 0 Å². The van der Waals surface area contributed by atoms with Crippen molar-refractivity contribution in [3.8, 4) is 0 Å². The fourth-order valence-corrected chi connectivity index (χ4v) is 2.67. The van der Waals surface area contributed by atoms with Gasteiger partial charge in [-0.15, -0.1) is 0 Å². The van der Waals surface area contributed by atoms with E-state index in [4.69, 9.17) is 20.4 Å². The van der Waals surface area contributed by atoms with Crippen LogP contribution in [0.25, 0.3) is 10.8 Å². The quantitative estimate of drug-likeness (QED) is 0.332. The van der Waals surface area contributed by atoms with E-state index in [-0.39, 0.29) is 22.3 Å². The largest absolute Gasteiger partial charge is 0.478 e. The summed E-state index contributed by atoms with van der Waals surface area (Å²) in [5, 5.41) is 36.6. The molecule has 0 saturated heterocycles. The van der Waals surface area contributed by atoms with Gasteiger partial charge in [-0.2, -0.15) is 0 Å². The van der Waals surface area contributed by atoms with E-state index >= 15 is 0 Å². The van der Waals surface area contributed by atoms with Crippen molar-refractivity contribution < 1.29 is 39.6 Å². The van der Waals surface area contributed by atoms with Crippen LogP contribution < -0.4 is 0 Å². The van der Waals surface area contributed by atoms with Crippen molar-refractivity contribution in [2.24, 2.45) is 0 Å². The molecule has 172 valence electrons. The topological polar surface area (TPSA) is 149 Å². The summed E-state index contributed by atoms with van der Waals surface area (Å²) in [4.78, 5) is 41.4. The van der Waals surface area contributed by atoms with Gasteiger partial charge in [0.1, 0.15) is 0 Å². The fraction of sp³-hybridized carbons (Fsp3) is 0. The summed E-state index contributed by atoms with van der Waals surface area (Å²) >= 11 is 0. The summed E-state index contributed by atoms with van der Waals surface area (Å²) in [5.41, 5.74) is 0.129. The van der Waals surface area contributed by atoms with Crippen molar-refractivity contribution >= 4 is 34.6 Å². The van der Waals surface area contributed by atoms with Crippen LogP contribution in [0.15, 0.2) is 97.1 Å². The predicted octanol–water partition coefficient (Wildman–Crippen LogP) is 5.01. The highest BCUT2D eigenvalue weighted by Crippen LogP contribution is 2.11. The lowest BCUT2D eigenvalue weighted by Gasteiger charge is -1.95. The van der Waals surface area contributed by atoms with E-state index in [1.807, 2.05) is 0 Å². The van der Waals surface area contributed by atoms with E-state index in [1.165, 1.54) is 53.2 Å². The van der Waals surface area contributed by atoms with Crippen molar-refractivity contribution in [3.63, 3.8) is 0 Å². The van der Waals surface area contributed by atoms with Gasteiger partial charge in [-0.05, 0) is 53.2 Å². The molecule has 8 heteroatoms. The first-order valence-electron chi connectivity index (χ1n) is 9.76. The Morgan fingerprint density at radius 2 is 0.676 bits per heavy atom. The maximum absolute atomic E-state index is 10.4. The molecule has 4 N–H and O–H groups in total. The number of aromatic carboxylic acids is 4. The van der Waals surface area contributed by atoms with Crippen LogP contribution in [0.4, 0.5) is 0 Å². The summed E-state index contributed by atoms with van der Waals surface area (Å²) in [7, 11) is 0. The number of fused-ring (bicyclic) bond motifs is 1. The van der Waals surface area contributed by atoms with E-state index in [1.54, 1.807) is 0 Å². The van der Waals surface area contributed by atoms with Gasteiger partial charge in [0, 0.05) is 0 Å². The molecule has 0 fully saturated rings. The van der Waals surface area contributed by atoms with Crippen LogP contribution >= 0.6 is 0 Å². The van der Waals surface area contributed by atoms with Crippen molar-refractivity contribution in [1.82, 2.24) is 0 Å². The van der Waals surface area contributed by atoms with Crippen molar-refractivity contribution in [2.45, 2.75) is 0 Å². The summed E-state index contributed by atoms with van der Waals surface area (Å²) in [5.74, 6) is -4.38. The molecule has 0 saturated carbocycles. The molecule has 4 aromatic rings. The molecule has 0 aliphatic rings. The highest BCUT2D eigenvalue weighted by Gasteiger charge is 2.07. The average molecular weight is 460 g/mol. The molecule has 4 aromatic carbocycles. The Morgan fingerprint density at radius 3 is 0.941 bits per heavy atom. The second-order valence-corrected chi connectivity index (χ2v) is 6.73. The molecule has 0 spiro atoms. The van der Waals surface area contributed by atoms with Crippen molar-refractivity contribution in [3.05, 3.63) is 119 Å². The monoisotopic (exact) mass is 460 g/mol. The second kappa shape index (κ2) is 12.2. The van der Waals surface area contributed by atoms with Crippen LogP contribution in [0.2, 0.25) is 0 Å². The van der Waals surface area contributed by atoms with Gasteiger partial charge in [-0.25, -0.2) is 19.2 Å². The molecule has 4 rings (SSSR count). The third kappa shape index (κ3) is 7.61. The lowest BCUT2D eigenvalue weighted by atomic mass is 10.1. The number of hydrogen-bond donors (Lipinski definition) is 4. The van der Waals surface area contributed by atoms with Crippen LogP contribution in [0.3, 0.4) is 0 Å². The Balaban J connectivity index is 0.000000181. The molecule has 0 aliphatic carbocycles. The molecular formula is C26H20O8. The molecule has 0 unspecified atom stereocenters. The van der Waals surface area contributed by atoms with E-state index in [0.717, 1.165) is 6.07 Å². The first-order valence-corrected chi connectivity index (χ1v) is 9.76. The molecule has 0 aliphatic heterocycles. The lowest BCUT2D eigenvalue weighted by molar-refractivity contribution is 0.0681. The Kier molecular flexibility index (Phi) is 9.04. The predicted molar refractivity (Wildman–Crippen MR) is 125 cm³/mol. The highest BCUT2D eigenvalue weighted by molar-refractivity contribution is 5.93. The maximum atomic E-state index is 10.4. The molecule has 0 heterocycles. The highest BCUT2D eigenvalue weighted by atomic mass is 16.4. The minimum absolute atomic E-state index is 0.0186.